The first-order chi connectivity index (χ1) is 8.74. The van der Waals surface area contributed by atoms with Gasteiger partial charge in [0.15, 0.2) is 0 Å². The van der Waals surface area contributed by atoms with Gasteiger partial charge in [0, 0.05) is 11.7 Å². The zero-order chi connectivity index (χ0) is 14.6. The fourth-order valence-electron chi connectivity index (χ4n) is 1.58. The second-order valence-electron chi connectivity index (χ2n) is 5.70. The number of aliphatic hydroxyl groups excluding tert-OH is 1. The molecule has 0 spiro atoms. The van der Waals surface area contributed by atoms with Gasteiger partial charge in [-0.05, 0) is 46.8 Å². The van der Waals surface area contributed by atoms with Crippen molar-refractivity contribution in [2.75, 3.05) is 5.32 Å². The van der Waals surface area contributed by atoms with Gasteiger partial charge in [-0.3, -0.25) is 4.79 Å². The molecule has 0 bridgehead atoms. The van der Waals surface area contributed by atoms with E-state index in [4.69, 9.17) is 0 Å². The summed E-state index contributed by atoms with van der Waals surface area (Å²) in [7, 11) is 0. The first-order valence-corrected chi connectivity index (χ1v) is 6.60. The van der Waals surface area contributed by atoms with Crippen molar-refractivity contribution in [3.05, 3.63) is 29.8 Å². The van der Waals surface area contributed by atoms with Gasteiger partial charge in [0.1, 0.15) is 0 Å². The molecule has 0 radical (unpaired) electrons. The third kappa shape index (κ3) is 4.24. The van der Waals surface area contributed by atoms with Crippen LogP contribution in [0.15, 0.2) is 24.3 Å². The first kappa shape index (κ1) is 15.5. The number of anilines is 1. The van der Waals surface area contributed by atoms with Gasteiger partial charge in [-0.1, -0.05) is 12.1 Å². The Balaban J connectivity index is 2.94. The van der Waals surface area contributed by atoms with E-state index >= 15 is 0 Å². The summed E-state index contributed by atoms with van der Waals surface area (Å²) in [4.78, 5) is 12.3. The van der Waals surface area contributed by atoms with E-state index in [-0.39, 0.29) is 11.9 Å². The van der Waals surface area contributed by atoms with Gasteiger partial charge < -0.3 is 15.7 Å². The van der Waals surface area contributed by atoms with Crippen LogP contribution in [0.5, 0.6) is 0 Å². The minimum absolute atomic E-state index is 0.186. The van der Waals surface area contributed by atoms with Crippen molar-refractivity contribution in [2.45, 2.75) is 52.3 Å². The van der Waals surface area contributed by atoms with E-state index in [1.165, 1.54) is 0 Å². The number of nitrogens with one attached hydrogen (secondary N) is 2. The van der Waals surface area contributed by atoms with Gasteiger partial charge >= 0.3 is 0 Å². The largest absolute Gasteiger partial charge is 0.391 e. The van der Waals surface area contributed by atoms with E-state index < -0.39 is 11.6 Å². The zero-order valence-electron chi connectivity index (χ0n) is 12.3. The van der Waals surface area contributed by atoms with Crippen molar-refractivity contribution in [2.24, 2.45) is 0 Å². The van der Waals surface area contributed by atoms with E-state index in [0.717, 1.165) is 5.69 Å². The average molecular weight is 264 g/mol. The molecule has 0 aliphatic carbocycles. The summed E-state index contributed by atoms with van der Waals surface area (Å²) in [5.74, 6) is -0.186. The molecular formula is C15H24N2O2. The lowest BCUT2D eigenvalue weighted by molar-refractivity contribution is 0.0710. The molecule has 0 saturated heterocycles. The lowest BCUT2D eigenvalue weighted by Crippen LogP contribution is -2.51. The van der Waals surface area contributed by atoms with Crippen LogP contribution in [-0.4, -0.2) is 28.7 Å². The van der Waals surface area contributed by atoms with Crippen LogP contribution in [-0.2, 0) is 0 Å². The molecule has 3 N–H and O–H groups in total. The first-order valence-electron chi connectivity index (χ1n) is 6.60. The normalized spacial score (nSPS) is 13.2. The highest BCUT2D eigenvalue weighted by Crippen LogP contribution is 2.18. The highest BCUT2D eigenvalue weighted by Gasteiger charge is 2.27. The Morgan fingerprint density at radius 1 is 1.21 bits per heavy atom. The van der Waals surface area contributed by atoms with Crippen molar-refractivity contribution in [3.63, 3.8) is 0 Å². The summed E-state index contributed by atoms with van der Waals surface area (Å²) in [6.07, 6.45) is -0.623. The molecule has 1 atom stereocenters. The van der Waals surface area contributed by atoms with Crippen molar-refractivity contribution < 1.29 is 9.90 Å². The van der Waals surface area contributed by atoms with E-state index in [0.29, 0.717) is 5.56 Å². The predicted molar refractivity (Wildman–Crippen MR) is 78.4 cm³/mol. The van der Waals surface area contributed by atoms with Crippen molar-refractivity contribution >= 4 is 11.6 Å². The fraction of sp³-hybridized carbons (Fsp3) is 0.533. The molecule has 19 heavy (non-hydrogen) atoms. The minimum atomic E-state index is -0.665. The van der Waals surface area contributed by atoms with E-state index in [1.807, 2.05) is 32.0 Å². The van der Waals surface area contributed by atoms with Crippen LogP contribution in [0.3, 0.4) is 0 Å². The van der Waals surface area contributed by atoms with Crippen LogP contribution in [0.4, 0.5) is 5.69 Å². The van der Waals surface area contributed by atoms with Gasteiger partial charge in [-0.2, -0.15) is 0 Å². The summed E-state index contributed by atoms with van der Waals surface area (Å²) in [5, 5.41) is 15.8. The van der Waals surface area contributed by atoms with E-state index in [1.54, 1.807) is 26.8 Å². The van der Waals surface area contributed by atoms with Crippen molar-refractivity contribution in [1.29, 1.82) is 0 Å². The maximum absolute atomic E-state index is 12.3. The number of hydrogen-bond donors (Lipinski definition) is 3. The number of carbonyl (C=O) groups is 1. The number of amides is 1. The Bertz CT molecular complexity index is 440. The molecule has 0 heterocycles. The third-order valence-electron chi connectivity index (χ3n) is 3.10. The summed E-state index contributed by atoms with van der Waals surface area (Å²) >= 11 is 0. The quantitative estimate of drug-likeness (QED) is 0.765. The molecule has 1 aromatic rings. The maximum Gasteiger partial charge on any atom is 0.253 e. The van der Waals surface area contributed by atoms with Crippen LogP contribution >= 0.6 is 0 Å². The summed E-state index contributed by atoms with van der Waals surface area (Å²) in [6, 6.07) is 7.62. The molecule has 4 nitrogen and oxygen atoms in total. The van der Waals surface area contributed by atoms with Crippen LogP contribution < -0.4 is 10.6 Å². The molecule has 0 aliphatic heterocycles. The Kier molecular flexibility index (Phi) is 4.95. The third-order valence-corrected chi connectivity index (χ3v) is 3.10. The lowest BCUT2D eigenvalue weighted by Gasteiger charge is -2.29. The smallest absolute Gasteiger partial charge is 0.253 e. The average Bonchev–Trinajstić information content (AvgIpc) is 2.27. The Morgan fingerprint density at radius 3 is 2.32 bits per heavy atom. The minimum Gasteiger partial charge on any atom is -0.391 e. The van der Waals surface area contributed by atoms with Gasteiger partial charge in [0.25, 0.3) is 5.91 Å². The van der Waals surface area contributed by atoms with Crippen LogP contribution in [0.2, 0.25) is 0 Å². The SMILES string of the molecule is CC(C)Nc1ccccc1C(=O)NC(C)(C)C(C)O. The topological polar surface area (TPSA) is 61.4 Å². The van der Waals surface area contributed by atoms with Crippen LogP contribution in [0.25, 0.3) is 0 Å². The summed E-state index contributed by atoms with van der Waals surface area (Å²) in [5.41, 5.74) is 0.725. The molecular weight excluding hydrogens is 240 g/mol. The van der Waals surface area contributed by atoms with Crippen LogP contribution in [0.1, 0.15) is 45.0 Å². The highest BCUT2D eigenvalue weighted by molar-refractivity contribution is 6.00. The molecule has 4 heteroatoms. The maximum atomic E-state index is 12.3. The Morgan fingerprint density at radius 2 is 1.79 bits per heavy atom. The van der Waals surface area contributed by atoms with Crippen molar-refractivity contribution in [3.8, 4) is 0 Å². The van der Waals surface area contributed by atoms with Gasteiger partial charge in [0.2, 0.25) is 0 Å². The second-order valence-corrected chi connectivity index (χ2v) is 5.70. The standard InChI is InChI=1S/C15H24N2O2/c1-10(2)16-13-9-7-6-8-12(13)14(19)17-15(4,5)11(3)18/h6-11,16,18H,1-5H3,(H,17,19). The fourth-order valence-corrected chi connectivity index (χ4v) is 1.58. The summed E-state index contributed by atoms with van der Waals surface area (Å²) in [6.45, 7) is 9.31. The zero-order valence-corrected chi connectivity index (χ0v) is 12.3. The van der Waals surface area contributed by atoms with Crippen molar-refractivity contribution in [1.82, 2.24) is 5.32 Å². The van der Waals surface area contributed by atoms with E-state index in [9.17, 15) is 9.90 Å². The van der Waals surface area contributed by atoms with Gasteiger partial charge in [-0.25, -0.2) is 0 Å². The molecule has 0 saturated carbocycles. The summed E-state index contributed by atoms with van der Waals surface area (Å²) < 4.78 is 0. The number of rotatable bonds is 5. The molecule has 1 aromatic carbocycles. The predicted octanol–water partition coefficient (Wildman–Crippen LogP) is 2.40. The number of benzene rings is 1. The Labute approximate surface area is 115 Å². The van der Waals surface area contributed by atoms with Gasteiger partial charge in [-0.15, -0.1) is 0 Å². The number of carbonyl (C=O) groups excluding carboxylic acids is 1. The number of aliphatic hydroxyl groups is 1. The molecule has 0 aromatic heterocycles. The molecule has 0 aliphatic rings. The van der Waals surface area contributed by atoms with Crippen LogP contribution in [0, 0.1) is 0 Å². The number of hydrogen-bond acceptors (Lipinski definition) is 3. The second kappa shape index (κ2) is 6.06. The highest BCUT2D eigenvalue weighted by atomic mass is 16.3. The molecule has 1 amide bonds. The molecule has 1 rings (SSSR count). The molecule has 0 fully saturated rings. The van der Waals surface area contributed by atoms with E-state index in [2.05, 4.69) is 10.6 Å². The Hall–Kier alpha value is -1.55. The molecule has 106 valence electrons. The van der Waals surface area contributed by atoms with Gasteiger partial charge in [0.05, 0.1) is 17.2 Å². The monoisotopic (exact) mass is 264 g/mol. The molecule has 1 unspecified atom stereocenters. The lowest BCUT2D eigenvalue weighted by atomic mass is 9.98. The number of para-hydroxylation sites is 1.